The van der Waals surface area contributed by atoms with Gasteiger partial charge in [0.1, 0.15) is 11.5 Å². The molecule has 0 spiro atoms. The number of methoxy groups -OCH3 is 2. The van der Waals surface area contributed by atoms with Crippen molar-refractivity contribution < 1.29 is 19.0 Å². The van der Waals surface area contributed by atoms with Crippen molar-refractivity contribution in [3.05, 3.63) is 58.6 Å². The van der Waals surface area contributed by atoms with Crippen LogP contribution in [0.25, 0.3) is 0 Å². The van der Waals surface area contributed by atoms with E-state index in [0.717, 1.165) is 24.4 Å². The van der Waals surface area contributed by atoms with Gasteiger partial charge < -0.3 is 19.5 Å². The second-order valence-electron chi connectivity index (χ2n) is 6.49. The molecule has 6 nitrogen and oxygen atoms in total. The van der Waals surface area contributed by atoms with Crippen LogP contribution in [0.2, 0.25) is 5.02 Å². The van der Waals surface area contributed by atoms with Gasteiger partial charge in [0.25, 0.3) is 5.91 Å². The minimum Gasteiger partial charge on any atom is -0.497 e. The number of carbonyl (C=O) groups is 1. The Bertz CT molecular complexity index is 791. The summed E-state index contributed by atoms with van der Waals surface area (Å²) < 4.78 is 16.0. The smallest absolute Gasteiger partial charge is 0.255 e. The van der Waals surface area contributed by atoms with E-state index in [0.29, 0.717) is 36.1 Å². The molecule has 1 heterocycles. The second kappa shape index (κ2) is 9.78. The molecular weight excluding hydrogens is 380 g/mol. The summed E-state index contributed by atoms with van der Waals surface area (Å²) in [6.45, 7) is 3.45. The van der Waals surface area contributed by atoms with Crippen LogP contribution in [0, 0.1) is 0 Å². The molecule has 3 rings (SSSR count). The Morgan fingerprint density at radius 3 is 2.50 bits per heavy atom. The maximum atomic E-state index is 12.8. The van der Waals surface area contributed by atoms with Gasteiger partial charge in [-0.25, -0.2) is 0 Å². The van der Waals surface area contributed by atoms with Crippen molar-refractivity contribution in [3.63, 3.8) is 0 Å². The number of amides is 1. The van der Waals surface area contributed by atoms with E-state index in [1.807, 2.05) is 24.3 Å². The number of hydrogen-bond donors (Lipinski definition) is 1. The maximum absolute atomic E-state index is 12.8. The molecule has 0 bridgehead atoms. The Balaban J connectivity index is 1.77. The number of rotatable bonds is 7. The normalized spacial score (nSPS) is 15.7. The summed E-state index contributed by atoms with van der Waals surface area (Å²) in [6, 6.07) is 13.0. The zero-order valence-corrected chi connectivity index (χ0v) is 16.9. The Hall–Kier alpha value is -2.28. The van der Waals surface area contributed by atoms with E-state index in [1.165, 1.54) is 7.11 Å². The molecule has 0 radical (unpaired) electrons. The molecule has 7 heteroatoms. The number of morpholine rings is 1. The van der Waals surface area contributed by atoms with Crippen molar-refractivity contribution in [1.82, 2.24) is 10.2 Å². The molecule has 0 saturated carbocycles. The van der Waals surface area contributed by atoms with Gasteiger partial charge in [0.05, 0.1) is 39.0 Å². The van der Waals surface area contributed by atoms with Gasteiger partial charge in [-0.05, 0) is 35.9 Å². The molecule has 1 amide bonds. The molecule has 150 valence electrons. The highest BCUT2D eigenvalue weighted by Crippen LogP contribution is 2.25. The molecular formula is C21H25ClN2O4. The quantitative estimate of drug-likeness (QED) is 0.768. The number of nitrogens with one attached hydrogen (secondary N) is 1. The number of benzene rings is 2. The zero-order valence-electron chi connectivity index (χ0n) is 16.1. The first-order valence-electron chi connectivity index (χ1n) is 9.20. The fraction of sp³-hybridized carbons (Fsp3) is 0.381. The third-order valence-electron chi connectivity index (χ3n) is 4.85. The van der Waals surface area contributed by atoms with Crippen molar-refractivity contribution in [2.75, 3.05) is 47.1 Å². The van der Waals surface area contributed by atoms with Gasteiger partial charge in [-0.1, -0.05) is 23.7 Å². The lowest BCUT2D eigenvalue weighted by Gasteiger charge is -2.35. The number of halogens is 1. The molecule has 28 heavy (non-hydrogen) atoms. The standard InChI is InChI=1S/C21H25ClN2O4/c1-26-17-6-3-15(4-7-17)19(24-9-11-28-12-10-24)14-23-21(25)18-13-16(22)5-8-20(18)27-2/h3-8,13,19H,9-12,14H2,1-2H3,(H,23,25). The lowest BCUT2D eigenvalue weighted by atomic mass is 10.0. The second-order valence-corrected chi connectivity index (χ2v) is 6.93. The molecule has 2 aromatic rings. The average Bonchev–Trinajstić information content (AvgIpc) is 2.75. The van der Waals surface area contributed by atoms with E-state index in [2.05, 4.69) is 10.2 Å². The van der Waals surface area contributed by atoms with E-state index in [9.17, 15) is 4.79 Å². The van der Waals surface area contributed by atoms with E-state index < -0.39 is 0 Å². The average molecular weight is 405 g/mol. The molecule has 1 fully saturated rings. The Labute approximate surface area is 170 Å². The first-order chi connectivity index (χ1) is 13.6. The van der Waals surface area contributed by atoms with Crippen molar-refractivity contribution in [3.8, 4) is 11.5 Å². The van der Waals surface area contributed by atoms with Gasteiger partial charge in [-0.2, -0.15) is 0 Å². The Morgan fingerprint density at radius 1 is 1.14 bits per heavy atom. The van der Waals surface area contributed by atoms with Crippen LogP contribution < -0.4 is 14.8 Å². The predicted molar refractivity (Wildman–Crippen MR) is 108 cm³/mol. The highest BCUT2D eigenvalue weighted by Gasteiger charge is 2.24. The minimum atomic E-state index is -0.217. The molecule has 1 unspecified atom stereocenters. The highest BCUT2D eigenvalue weighted by atomic mass is 35.5. The van der Waals surface area contributed by atoms with E-state index >= 15 is 0 Å². The first-order valence-corrected chi connectivity index (χ1v) is 9.57. The van der Waals surface area contributed by atoms with E-state index in [4.69, 9.17) is 25.8 Å². The molecule has 1 atom stereocenters. The zero-order chi connectivity index (χ0) is 19.9. The minimum absolute atomic E-state index is 0.0314. The lowest BCUT2D eigenvalue weighted by molar-refractivity contribution is 0.0162. The van der Waals surface area contributed by atoms with Crippen molar-refractivity contribution in [2.24, 2.45) is 0 Å². The summed E-state index contributed by atoms with van der Waals surface area (Å²) in [5.74, 6) is 1.08. The SMILES string of the molecule is COc1ccc(C(CNC(=O)c2cc(Cl)ccc2OC)N2CCOCC2)cc1. The van der Waals surface area contributed by atoms with Gasteiger partial charge in [-0.3, -0.25) is 9.69 Å². The molecule has 2 aromatic carbocycles. The number of carbonyl (C=O) groups excluding carboxylic acids is 1. The van der Waals surface area contributed by atoms with Crippen LogP contribution in [-0.4, -0.2) is 57.9 Å². The number of ether oxygens (including phenoxy) is 3. The van der Waals surface area contributed by atoms with Crippen LogP contribution >= 0.6 is 11.6 Å². The van der Waals surface area contributed by atoms with Crippen LogP contribution in [0.15, 0.2) is 42.5 Å². The van der Waals surface area contributed by atoms with Crippen LogP contribution in [0.4, 0.5) is 0 Å². The largest absolute Gasteiger partial charge is 0.497 e. The van der Waals surface area contributed by atoms with Gasteiger partial charge in [0, 0.05) is 24.7 Å². The van der Waals surface area contributed by atoms with Crippen molar-refractivity contribution >= 4 is 17.5 Å². The summed E-state index contributed by atoms with van der Waals surface area (Å²) >= 11 is 6.06. The topological polar surface area (TPSA) is 60.0 Å². The van der Waals surface area contributed by atoms with Gasteiger partial charge >= 0.3 is 0 Å². The summed E-state index contributed by atoms with van der Waals surface area (Å²) in [5.41, 5.74) is 1.53. The summed E-state index contributed by atoms with van der Waals surface area (Å²) in [7, 11) is 3.18. The van der Waals surface area contributed by atoms with E-state index in [-0.39, 0.29) is 11.9 Å². The van der Waals surface area contributed by atoms with Crippen LogP contribution in [0.3, 0.4) is 0 Å². The molecule has 0 aromatic heterocycles. The summed E-state index contributed by atoms with van der Waals surface area (Å²) in [5, 5.41) is 3.53. The lowest BCUT2D eigenvalue weighted by Crippen LogP contribution is -2.43. The highest BCUT2D eigenvalue weighted by molar-refractivity contribution is 6.31. The van der Waals surface area contributed by atoms with Crippen LogP contribution in [0.1, 0.15) is 22.0 Å². The summed E-state index contributed by atoms with van der Waals surface area (Å²) in [4.78, 5) is 15.1. The van der Waals surface area contributed by atoms with Crippen molar-refractivity contribution in [1.29, 1.82) is 0 Å². The van der Waals surface area contributed by atoms with Gasteiger partial charge in [0.15, 0.2) is 0 Å². The van der Waals surface area contributed by atoms with Gasteiger partial charge in [0.2, 0.25) is 0 Å². The van der Waals surface area contributed by atoms with Crippen molar-refractivity contribution in [2.45, 2.75) is 6.04 Å². The third kappa shape index (κ3) is 4.95. The molecule has 1 N–H and O–H groups in total. The number of hydrogen-bond acceptors (Lipinski definition) is 5. The Kier molecular flexibility index (Phi) is 7.14. The Morgan fingerprint density at radius 2 is 1.86 bits per heavy atom. The van der Waals surface area contributed by atoms with Crippen LogP contribution in [0.5, 0.6) is 11.5 Å². The summed E-state index contributed by atoms with van der Waals surface area (Å²) in [6.07, 6.45) is 0. The fourth-order valence-electron chi connectivity index (χ4n) is 3.32. The third-order valence-corrected chi connectivity index (χ3v) is 5.08. The number of nitrogens with zero attached hydrogens (tertiary/aromatic N) is 1. The first kappa shape index (κ1) is 20.5. The monoisotopic (exact) mass is 404 g/mol. The molecule has 1 aliphatic heterocycles. The molecule has 1 saturated heterocycles. The predicted octanol–water partition coefficient (Wildman–Crippen LogP) is 3.16. The molecule has 0 aliphatic carbocycles. The van der Waals surface area contributed by atoms with E-state index in [1.54, 1.807) is 25.3 Å². The van der Waals surface area contributed by atoms with Gasteiger partial charge in [-0.15, -0.1) is 0 Å². The fourth-order valence-corrected chi connectivity index (χ4v) is 3.49. The molecule has 1 aliphatic rings. The maximum Gasteiger partial charge on any atom is 0.255 e. The van der Waals surface area contributed by atoms with Crippen LogP contribution in [-0.2, 0) is 4.74 Å².